The third-order valence-corrected chi connectivity index (χ3v) is 6.95. The van der Waals surface area contributed by atoms with Crippen LogP contribution in [0.5, 0.6) is 0 Å². The quantitative estimate of drug-likeness (QED) is 0.790. The molecule has 1 aromatic carbocycles. The number of hydrogen-bond donors (Lipinski definition) is 0. The normalized spacial score (nSPS) is 24.2. The fourth-order valence-electron chi connectivity index (χ4n) is 3.11. The van der Waals surface area contributed by atoms with E-state index in [-0.39, 0.29) is 6.04 Å². The molecule has 5 heteroatoms. The molecule has 0 N–H and O–H groups in total. The zero-order valence-corrected chi connectivity index (χ0v) is 14.8. The molecular formula is C16H24ClNO2S. The Bertz CT molecular complexity index is 627. The van der Waals surface area contributed by atoms with E-state index < -0.39 is 10.0 Å². The highest BCUT2D eigenvalue weighted by Gasteiger charge is 2.34. The van der Waals surface area contributed by atoms with Crippen LogP contribution in [0.15, 0.2) is 17.0 Å². The monoisotopic (exact) mass is 329 g/mol. The molecule has 2 unspecified atom stereocenters. The van der Waals surface area contributed by atoms with Crippen molar-refractivity contribution in [3.63, 3.8) is 0 Å². The molecule has 1 aliphatic rings. The summed E-state index contributed by atoms with van der Waals surface area (Å²) < 4.78 is 27.7. The van der Waals surface area contributed by atoms with Gasteiger partial charge in [0.25, 0.3) is 0 Å². The summed E-state index contributed by atoms with van der Waals surface area (Å²) in [6.07, 6.45) is 1.85. The fourth-order valence-corrected chi connectivity index (χ4v) is 5.27. The van der Waals surface area contributed by atoms with E-state index in [4.69, 9.17) is 11.6 Å². The SMILES string of the molecule is Cc1cc(CCl)cc(S(=O)(=O)N2CCC(C)CC2C)c1C. The molecule has 1 heterocycles. The molecule has 1 fully saturated rings. The molecule has 0 amide bonds. The number of benzene rings is 1. The van der Waals surface area contributed by atoms with Crippen molar-refractivity contribution in [3.05, 3.63) is 28.8 Å². The Kier molecular flexibility index (Phi) is 5.01. The Labute approximate surface area is 133 Å². The predicted octanol–water partition coefficient (Wildman–Crippen LogP) is 3.85. The molecule has 3 nitrogen and oxygen atoms in total. The lowest BCUT2D eigenvalue weighted by atomic mass is 9.95. The van der Waals surface area contributed by atoms with Crippen molar-refractivity contribution in [2.45, 2.75) is 57.4 Å². The van der Waals surface area contributed by atoms with Gasteiger partial charge in [0.2, 0.25) is 10.0 Å². The van der Waals surface area contributed by atoms with Gasteiger partial charge in [0.15, 0.2) is 0 Å². The lowest BCUT2D eigenvalue weighted by Crippen LogP contribution is -2.44. The van der Waals surface area contributed by atoms with E-state index in [2.05, 4.69) is 6.92 Å². The molecule has 118 valence electrons. The number of nitrogens with zero attached hydrogens (tertiary/aromatic N) is 1. The molecule has 2 rings (SSSR count). The molecule has 0 aromatic heterocycles. The van der Waals surface area contributed by atoms with E-state index in [0.29, 0.717) is 23.2 Å². The number of halogens is 1. The van der Waals surface area contributed by atoms with E-state index in [1.54, 1.807) is 10.4 Å². The van der Waals surface area contributed by atoms with Gasteiger partial charge in [-0.2, -0.15) is 4.31 Å². The first kappa shape index (κ1) is 16.8. The highest BCUT2D eigenvalue weighted by molar-refractivity contribution is 7.89. The topological polar surface area (TPSA) is 37.4 Å². The average molecular weight is 330 g/mol. The van der Waals surface area contributed by atoms with Crippen molar-refractivity contribution in [3.8, 4) is 0 Å². The minimum atomic E-state index is -3.45. The van der Waals surface area contributed by atoms with Crippen molar-refractivity contribution in [1.82, 2.24) is 4.31 Å². The van der Waals surface area contributed by atoms with Crippen LogP contribution in [-0.2, 0) is 15.9 Å². The zero-order valence-electron chi connectivity index (χ0n) is 13.2. The molecule has 1 saturated heterocycles. The highest BCUT2D eigenvalue weighted by atomic mass is 35.5. The maximum atomic E-state index is 13.0. The number of hydrogen-bond acceptors (Lipinski definition) is 2. The fraction of sp³-hybridized carbons (Fsp3) is 0.625. The number of alkyl halides is 1. The van der Waals surface area contributed by atoms with Gasteiger partial charge < -0.3 is 0 Å². The molecule has 1 aromatic rings. The summed E-state index contributed by atoms with van der Waals surface area (Å²) >= 11 is 5.90. The predicted molar refractivity (Wildman–Crippen MR) is 87.2 cm³/mol. The van der Waals surface area contributed by atoms with Crippen molar-refractivity contribution in [2.24, 2.45) is 5.92 Å². The minimum absolute atomic E-state index is 0.0538. The van der Waals surface area contributed by atoms with Gasteiger partial charge in [0, 0.05) is 18.5 Å². The van der Waals surface area contributed by atoms with Crippen LogP contribution < -0.4 is 0 Å². The first-order valence-electron chi connectivity index (χ1n) is 7.45. The molecule has 0 saturated carbocycles. The Balaban J connectivity index is 2.47. The van der Waals surface area contributed by atoms with Gasteiger partial charge in [0.1, 0.15) is 0 Å². The number of piperidine rings is 1. The number of rotatable bonds is 3. The largest absolute Gasteiger partial charge is 0.243 e. The summed E-state index contributed by atoms with van der Waals surface area (Å²) in [5.74, 6) is 0.916. The Morgan fingerprint density at radius 2 is 1.95 bits per heavy atom. The molecule has 21 heavy (non-hydrogen) atoms. The number of sulfonamides is 1. The third-order valence-electron chi connectivity index (χ3n) is 4.50. The van der Waals surface area contributed by atoms with Crippen LogP contribution in [0.25, 0.3) is 0 Å². The second kappa shape index (κ2) is 6.27. The number of aryl methyl sites for hydroxylation is 1. The smallest absolute Gasteiger partial charge is 0.207 e. The molecule has 2 atom stereocenters. The summed E-state index contributed by atoms with van der Waals surface area (Å²) in [5.41, 5.74) is 2.66. The van der Waals surface area contributed by atoms with Gasteiger partial charge >= 0.3 is 0 Å². The molecule has 0 aliphatic carbocycles. The van der Waals surface area contributed by atoms with Crippen LogP contribution in [0.1, 0.15) is 43.4 Å². The Hall–Kier alpha value is -0.580. The van der Waals surface area contributed by atoms with Gasteiger partial charge in [-0.3, -0.25) is 0 Å². The van der Waals surface area contributed by atoms with Crippen LogP contribution in [0.3, 0.4) is 0 Å². The molecule has 0 spiro atoms. The van der Waals surface area contributed by atoms with E-state index in [9.17, 15) is 8.42 Å². The molecule has 1 aliphatic heterocycles. The van der Waals surface area contributed by atoms with Gasteiger partial charge in [-0.15, -0.1) is 11.6 Å². The van der Waals surface area contributed by atoms with E-state index in [0.717, 1.165) is 29.5 Å². The van der Waals surface area contributed by atoms with Gasteiger partial charge in [-0.25, -0.2) is 8.42 Å². The lowest BCUT2D eigenvalue weighted by Gasteiger charge is -2.35. The zero-order chi connectivity index (χ0) is 15.8. The van der Waals surface area contributed by atoms with Crippen molar-refractivity contribution < 1.29 is 8.42 Å². The van der Waals surface area contributed by atoms with E-state index in [1.807, 2.05) is 26.8 Å². The summed E-state index contributed by atoms with van der Waals surface area (Å²) in [7, 11) is -3.45. The molecule has 0 radical (unpaired) electrons. The van der Waals surface area contributed by atoms with Crippen LogP contribution in [-0.4, -0.2) is 25.3 Å². The molecular weight excluding hydrogens is 306 g/mol. The summed E-state index contributed by atoms with van der Waals surface area (Å²) in [6.45, 7) is 8.60. The van der Waals surface area contributed by atoms with Crippen LogP contribution in [0.4, 0.5) is 0 Å². The van der Waals surface area contributed by atoms with Crippen LogP contribution in [0.2, 0.25) is 0 Å². The average Bonchev–Trinajstić information content (AvgIpc) is 2.40. The third kappa shape index (κ3) is 3.27. The van der Waals surface area contributed by atoms with Crippen molar-refractivity contribution >= 4 is 21.6 Å². The summed E-state index contributed by atoms with van der Waals surface area (Å²) in [5, 5.41) is 0. The van der Waals surface area contributed by atoms with Gasteiger partial charge in [-0.1, -0.05) is 13.0 Å². The second-order valence-corrected chi connectivity index (χ2v) is 8.39. The standard InChI is InChI=1S/C16H24ClNO2S/c1-11-5-6-18(13(3)7-11)21(19,20)16-9-15(10-17)8-12(2)14(16)4/h8-9,11,13H,5-7,10H2,1-4H3. The maximum Gasteiger partial charge on any atom is 0.243 e. The van der Waals surface area contributed by atoms with E-state index in [1.165, 1.54) is 0 Å². The lowest BCUT2D eigenvalue weighted by molar-refractivity contribution is 0.220. The highest BCUT2D eigenvalue weighted by Crippen LogP contribution is 2.31. The molecule has 0 bridgehead atoms. The van der Waals surface area contributed by atoms with Crippen LogP contribution in [0, 0.1) is 19.8 Å². The van der Waals surface area contributed by atoms with Crippen molar-refractivity contribution in [2.75, 3.05) is 6.54 Å². The van der Waals surface area contributed by atoms with Crippen LogP contribution >= 0.6 is 11.6 Å². The Morgan fingerprint density at radius 3 is 2.52 bits per heavy atom. The Morgan fingerprint density at radius 1 is 1.29 bits per heavy atom. The summed E-state index contributed by atoms with van der Waals surface area (Å²) in [4.78, 5) is 0.416. The second-order valence-electron chi connectivity index (χ2n) is 6.26. The van der Waals surface area contributed by atoms with Gasteiger partial charge in [-0.05, 0) is 62.3 Å². The maximum absolute atomic E-state index is 13.0. The van der Waals surface area contributed by atoms with E-state index >= 15 is 0 Å². The minimum Gasteiger partial charge on any atom is -0.207 e. The van der Waals surface area contributed by atoms with Gasteiger partial charge in [0.05, 0.1) is 4.90 Å². The van der Waals surface area contributed by atoms with Crippen molar-refractivity contribution in [1.29, 1.82) is 0 Å². The first-order chi connectivity index (χ1) is 9.77. The summed E-state index contributed by atoms with van der Waals surface area (Å²) in [6, 6.07) is 3.75. The first-order valence-corrected chi connectivity index (χ1v) is 9.42.